The Kier molecular flexibility index (Phi) is 7.08. The van der Waals surface area contributed by atoms with Crippen molar-refractivity contribution >= 4 is 26.1 Å². The van der Waals surface area contributed by atoms with E-state index in [1.54, 1.807) is 0 Å². The third-order valence-electron chi connectivity index (χ3n) is 5.58. The van der Waals surface area contributed by atoms with E-state index in [9.17, 15) is 34.8 Å². The Labute approximate surface area is 185 Å². The molecule has 3 rings (SSSR count). The van der Waals surface area contributed by atoms with Crippen LogP contribution < -0.4 is 5.32 Å². The molecular weight excluding hydrogens is 473 g/mol. The van der Waals surface area contributed by atoms with E-state index in [4.69, 9.17) is 0 Å². The Balaban J connectivity index is 1.55. The van der Waals surface area contributed by atoms with Crippen LogP contribution in [-0.4, -0.2) is 87.9 Å². The van der Waals surface area contributed by atoms with Gasteiger partial charge in [0.2, 0.25) is 20.0 Å². The molecule has 2 heterocycles. The summed E-state index contributed by atoms with van der Waals surface area (Å²) in [6.07, 6.45) is -2.57. The smallest absolute Gasteiger partial charge is 0.335 e. The highest BCUT2D eigenvalue weighted by atomic mass is 32.2. The number of carbonyl (C=O) groups excluding carboxylic acids is 1. The van der Waals surface area contributed by atoms with Crippen LogP contribution in [0.5, 0.6) is 0 Å². The number of sulfonamides is 2. The first-order valence-electron chi connectivity index (χ1n) is 9.96. The van der Waals surface area contributed by atoms with Crippen LogP contribution >= 0.6 is 0 Å². The summed E-state index contributed by atoms with van der Waals surface area (Å²) in [5.41, 5.74) is -1.04. The topological polar surface area (TPSA) is 107 Å². The second kappa shape index (κ2) is 9.15. The summed E-state index contributed by atoms with van der Waals surface area (Å²) in [5, 5.41) is 2.84. The van der Waals surface area contributed by atoms with Crippen LogP contribution in [0.15, 0.2) is 29.2 Å². The van der Waals surface area contributed by atoms with Crippen LogP contribution in [-0.2, 0) is 26.2 Å². The molecule has 1 aromatic rings. The molecule has 1 aromatic carbocycles. The van der Waals surface area contributed by atoms with Crippen LogP contribution in [0.25, 0.3) is 0 Å². The number of amides is 2. The summed E-state index contributed by atoms with van der Waals surface area (Å²) in [4.78, 5) is 13.5. The van der Waals surface area contributed by atoms with E-state index < -0.39 is 36.7 Å². The first-order chi connectivity index (χ1) is 14.8. The molecule has 9 nitrogen and oxygen atoms in total. The van der Waals surface area contributed by atoms with E-state index in [1.165, 1.54) is 9.21 Å². The molecule has 0 aromatic heterocycles. The summed E-state index contributed by atoms with van der Waals surface area (Å²) < 4.78 is 89.8. The van der Waals surface area contributed by atoms with Crippen molar-refractivity contribution in [3.63, 3.8) is 0 Å². The monoisotopic (exact) mass is 498 g/mol. The van der Waals surface area contributed by atoms with E-state index in [-0.39, 0.29) is 38.3 Å². The molecule has 0 aliphatic carbocycles. The minimum atomic E-state index is -4.65. The highest BCUT2D eigenvalue weighted by molar-refractivity contribution is 7.89. The molecule has 2 amide bonds. The van der Waals surface area contributed by atoms with Gasteiger partial charge in [0.1, 0.15) is 0 Å². The number of hydrogen-bond donors (Lipinski definition) is 1. The Bertz CT molecular complexity index is 1050. The summed E-state index contributed by atoms with van der Waals surface area (Å²) in [5.74, 6) is 0. The Morgan fingerprint density at radius 1 is 0.969 bits per heavy atom. The average molecular weight is 499 g/mol. The Morgan fingerprint density at radius 3 is 2.09 bits per heavy atom. The number of halogens is 3. The molecule has 2 aliphatic heterocycles. The maximum Gasteiger partial charge on any atom is 0.416 e. The first kappa shape index (κ1) is 24.7. The third kappa shape index (κ3) is 5.71. The van der Waals surface area contributed by atoms with Gasteiger partial charge in [0.25, 0.3) is 0 Å². The van der Waals surface area contributed by atoms with Gasteiger partial charge in [-0.15, -0.1) is 0 Å². The van der Waals surface area contributed by atoms with Gasteiger partial charge in [0.15, 0.2) is 0 Å². The van der Waals surface area contributed by atoms with E-state index >= 15 is 0 Å². The number of urea groups is 1. The quantitative estimate of drug-likeness (QED) is 0.670. The van der Waals surface area contributed by atoms with E-state index in [0.717, 1.165) is 28.8 Å². The van der Waals surface area contributed by atoms with Gasteiger partial charge in [-0.1, -0.05) is 6.07 Å². The second-order valence-electron chi connectivity index (χ2n) is 7.80. The number of nitrogens with zero attached hydrogens (tertiary/aromatic N) is 3. The molecule has 2 fully saturated rings. The third-order valence-corrected chi connectivity index (χ3v) is 8.77. The SMILES string of the molecule is CS(=O)(=O)N1CCC(NC(=O)N2CCN(S(=O)(=O)c3cccc(C(F)(F)F)c3)CC2)CC1. The van der Waals surface area contributed by atoms with Crippen molar-refractivity contribution in [2.24, 2.45) is 0 Å². The highest BCUT2D eigenvalue weighted by Gasteiger charge is 2.35. The van der Waals surface area contributed by atoms with Crippen molar-refractivity contribution < 1.29 is 34.8 Å². The maximum absolute atomic E-state index is 12.9. The predicted molar refractivity (Wildman–Crippen MR) is 110 cm³/mol. The molecule has 2 aliphatic rings. The van der Waals surface area contributed by atoms with Crippen LogP contribution in [0.2, 0.25) is 0 Å². The van der Waals surface area contributed by atoms with Crippen LogP contribution in [0.3, 0.4) is 0 Å². The molecule has 0 radical (unpaired) electrons. The number of rotatable bonds is 4. The van der Waals surface area contributed by atoms with Gasteiger partial charge in [-0.25, -0.2) is 25.9 Å². The summed E-state index contributed by atoms with van der Waals surface area (Å²) in [7, 11) is -7.40. The van der Waals surface area contributed by atoms with Gasteiger partial charge in [-0.2, -0.15) is 17.5 Å². The molecule has 14 heteroatoms. The van der Waals surface area contributed by atoms with Gasteiger partial charge in [0, 0.05) is 45.3 Å². The van der Waals surface area contributed by atoms with Gasteiger partial charge in [-0.3, -0.25) is 0 Å². The molecule has 0 atom stereocenters. The molecule has 0 spiro atoms. The van der Waals surface area contributed by atoms with Crippen LogP contribution in [0.1, 0.15) is 18.4 Å². The van der Waals surface area contributed by atoms with Gasteiger partial charge < -0.3 is 10.2 Å². The largest absolute Gasteiger partial charge is 0.416 e. The number of hydrogen-bond acceptors (Lipinski definition) is 5. The molecule has 180 valence electrons. The zero-order valence-electron chi connectivity index (χ0n) is 17.4. The molecular formula is C18H25F3N4O5S2. The first-order valence-corrected chi connectivity index (χ1v) is 13.3. The zero-order chi connectivity index (χ0) is 23.7. The fraction of sp³-hybridized carbons (Fsp3) is 0.611. The number of carbonyl (C=O) groups is 1. The molecule has 0 bridgehead atoms. The molecule has 0 unspecified atom stereocenters. The molecule has 32 heavy (non-hydrogen) atoms. The number of piperazine rings is 1. The summed E-state index contributed by atoms with van der Waals surface area (Å²) in [6, 6.07) is 3.02. The Hall–Kier alpha value is -1.90. The van der Waals surface area contributed by atoms with E-state index in [1.807, 2.05) is 0 Å². The minimum absolute atomic E-state index is 0.0431. The lowest BCUT2D eigenvalue weighted by molar-refractivity contribution is -0.137. The van der Waals surface area contributed by atoms with E-state index in [0.29, 0.717) is 32.0 Å². The molecule has 1 N–H and O–H groups in total. The fourth-order valence-electron chi connectivity index (χ4n) is 3.71. The van der Waals surface area contributed by atoms with Gasteiger partial charge in [0.05, 0.1) is 16.7 Å². The van der Waals surface area contributed by atoms with Crippen molar-refractivity contribution in [3.05, 3.63) is 29.8 Å². The minimum Gasteiger partial charge on any atom is -0.335 e. The lowest BCUT2D eigenvalue weighted by Gasteiger charge is -2.36. The predicted octanol–water partition coefficient (Wildman–Crippen LogP) is 1.15. The lowest BCUT2D eigenvalue weighted by atomic mass is 10.1. The molecule has 2 saturated heterocycles. The fourth-order valence-corrected chi connectivity index (χ4v) is 6.05. The maximum atomic E-state index is 12.9. The normalized spacial score (nSPS) is 20.3. The number of benzene rings is 1. The Morgan fingerprint density at radius 2 is 1.56 bits per heavy atom. The standard InChI is InChI=1S/C18H25F3N4O5S2/c1-31(27,28)24-7-5-15(6-8-24)22-17(26)23-9-11-25(12-10-23)32(29,30)16-4-2-3-14(13-16)18(19,20)21/h2-4,13,15H,5-12H2,1H3,(H,22,26). The van der Waals surface area contributed by atoms with Crippen molar-refractivity contribution in [1.82, 2.24) is 18.8 Å². The van der Waals surface area contributed by atoms with Crippen molar-refractivity contribution in [3.8, 4) is 0 Å². The lowest BCUT2D eigenvalue weighted by Crippen LogP contribution is -2.55. The van der Waals surface area contributed by atoms with Crippen LogP contribution in [0, 0.1) is 0 Å². The summed E-state index contributed by atoms with van der Waals surface area (Å²) in [6.45, 7) is 0.717. The number of piperidine rings is 1. The summed E-state index contributed by atoms with van der Waals surface area (Å²) >= 11 is 0. The van der Waals surface area contributed by atoms with Gasteiger partial charge >= 0.3 is 12.2 Å². The zero-order valence-corrected chi connectivity index (χ0v) is 19.0. The molecule has 0 saturated carbocycles. The van der Waals surface area contributed by atoms with E-state index in [2.05, 4.69) is 5.32 Å². The van der Waals surface area contributed by atoms with Crippen LogP contribution in [0.4, 0.5) is 18.0 Å². The average Bonchev–Trinajstić information content (AvgIpc) is 2.73. The second-order valence-corrected chi connectivity index (χ2v) is 11.7. The van der Waals surface area contributed by atoms with Crippen molar-refractivity contribution in [2.75, 3.05) is 45.5 Å². The van der Waals surface area contributed by atoms with Crippen molar-refractivity contribution in [1.29, 1.82) is 0 Å². The van der Waals surface area contributed by atoms with Gasteiger partial charge in [-0.05, 0) is 31.0 Å². The number of alkyl halides is 3. The number of nitrogens with one attached hydrogen (secondary N) is 1. The van der Waals surface area contributed by atoms with Crippen molar-refractivity contribution in [2.45, 2.75) is 30.0 Å². The highest BCUT2D eigenvalue weighted by Crippen LogP contribution is 2.31.